The first-order valence-corrected chi connectivity index (χ1v) is 7.33. The molecular formula is C16H24N2O2. The highest BCUT2D eigenvalue weighted by Gasteiger charge is 2.26. The van der Waals surface area contributed by atoms with Crippen LogP contribution in [-0.2, 0) is 11.3 Å². The van der Waals surface area contributed by atoms with E-state index in [1.165, 1.54) is 6.42 Å². The number of hydrogen-bond acceptors (Lipinski definition) is 3. The monoisotopic (exact) mass is 276 g/mol. The molecule has 1 amide bonds. The van der Waals surface area contributed by atoms with Gasteiger partial charge >= 0.3 is 0 Å². The lowest BCUT2D eigenvalue weighted by molar-refractivity contribution is -0.132. The zero-order chi connectivity index (χ0) is 14.4. The lowest BCUT2D eigenvalue weighted by atomic mass is 9.91. The fourth-order valence-corrected chi connectivity index (χ4v) is 2.51. The number of amides is 1. The van der Waals surface area contributed by atoms with Crippen LogP contribution in [0, 0.1) is 0 Å². The van der Waals surface area contributed by atoms with Crippen molar-refractivity contribution in [3.63, 3.8) is 0 Å². The summed E-state index contributed by atoms with van der Waals surface area (Å²) >= 11 is 0. The Morgan fingerprint density at radius 2 is 2.00 bits per heavy atom. The number of nitrogens with zero attached hydrogens (tertiary/aromatic N) is 2. The molecule has 0 bridgehead atoms. The van der Waals surface area contributed by atoms with E-state index < -0.39 is 0 Å². The highest BCUT2D eigenvalue weighted by atomic mass is 16.3. The molecular weight excluding hydrogens is 252 g/mol. The highest BCUT2D eigenvalue weighted by molar-refractivity contribution is 5.78. The second kappa shape index (κ2) is 7.41. The van der Waals surface area contributed by atoms with E-state index in [1.807, 2.05) is 37.4 Å². The Hall–Kier alpha value is -1.39. The standard InChI is InChI=1S/C16H24N2O2/c1-17(12-14-6-3-2-4-7-14)16(20)13-18(10-11-19)15-8-5-9-15/h2-4,6-7,15,19H,5,8-13H2,1H3. The minimum Gasteiger partial charge on any atom is -0.395 e. The average molecular weight is 276 g/mol. The number of carbonyl (C=O) groups excluding carboxylic acids is 1. The molecule has 2 rings (SSSR count). The van der Waals surface area contributed by atoms with Crippen molar-refractivity contribution in [2.75, 3.05) is 26.7 Å². The molecule has 1 aliphatic rings. The van der Waals surface area contributed by atoms with Crippen LogP contribution in [0.5, 0.6) is 0 Å². The van der Waals surface area contributed by atoms with Gasteiger partial charge < -0.3 is 10.0 Å². The van der Waals surface area contributed by atoms with Gasteiger partial charge in [-0.25, -0.2) is 0 Å². The number of rotatable bonds is 7. The van der Waals surface area contributed by atoms with Crippen LogP contribution in [0.4, 0.5) is 0 Å². The van der Waals surface area contributed by atoms with Gasteiger partial charge in [0.05, 0.1) is 13.2 Å². The van der Waals surface area contributed by atoms with E-state index in [0.29, 0.717) is 25.7 Å². The van der Waals surface area contributed by atoms with E-state index in [-0.39, 0.29) is 12.5 Å². The van der Waals surface area contributed by atoms with Crippen LogP contribution in [0.2, 0.25) is 0 Å². The van der Waals surface area contributed by atoms with Crippen LogP contribution < -0.4 is 0 Å². The second-order valence-corrected chi connectivity index (χ2v) is 5.51. The SMILES string of the molecule is CN(Cc1ccccc1)C(=O)CN(CCO)C1CCC1. The van der Waals surface area contributed by atoms with Gasteiger partial charge in [-0.1, -0.05) is 36.8 Å². The molecule has 20 heavy (non-hydrogen) atoms. The fraction of sp³-hybridized carbons (Fsp3) is 0.562. The van der Waals surface area contributed by atoms with Crippen molar-refractivity contribution in [3.8, 4) is 0 Å². The molecule has 1 fully saturated rings. The number of benzene rings is 1. The van der Waals surface area contributed by atoms with Gasteiger partial charge in [-0.3, -0.25) is 9.69 Å². The van der Waals surface area contributed by atoms with Crippen molar-refractivity contribution < 1.29 is 9.90 Å². The fourth-order valence-electron chi connectivity index (χ4n) is 2.51. The zero-order valence-electron chi connectivity index (χ0n) is 12.2. The van der Waals surface area contributed by atoms with Gasteiger partial charge in [0.1, 0.15) is 0 Å². The summed E-state index contributed by atoms with van der Waals surface area (Å²) in [6, 6.07) is 10.5. The van der Waals surface area contributed by atoms with Crippen LogP contribution in [0.3, 0.4) is 0 Å². The molecule has 4 nitrogen and oxygen atoms in total. The molecule has 0 heterocycles. The Labute approximate surface area is 121 Å². The molecule has 0 saturated heterocycles. The molecule has 1 aromatic rings. The Balaban J connectivity index is 1.85. The first-order valence-electron chi connectivity index (χ1n) is 7.33. The Kier molecular flexibility index (Phi) is 5.56. The third-order valence-electron chi connectivity index (χ3n) is 4.00. The van der Waals surface area contributed by atoms with E-state index in [0.717, 1.165) is 18.4 Å². The molecule has 1 aliphatic carbocycles. The molecule has 0 unspecified atom stereocenters. The molecule has 4 heteroatoms. The molecule has 0 spiro atoms. The molecule has 110 valence electrons. The smallest absolute Gasteiger partial charge is 0.236 e. The summed E-state index contributed by atoms with van der Waals surface area (Å²) in [5.41, 5.74) is 1.14. The zero-order valence-corrected chi connectivity index (χ0v) is 12.2. The first kappa shape index (κ1) is 15.0. The summed E-state index contributed by atoms with van der Waals surface area (Å²) < 4.78 is 0. The lowest BCUT2D eigenvalue weighted by Crippen LogP contribution is -2.47. The van der Waals surface area contributed by atoms with Gasteiger partial charge in [0, 0.05) is 26.2 Å². The van der Waals surface area contributed by atoms with Crippen LogP contribution in [0.25, 0.3) is 0 Å². The maximum absolute atomic E-state index is 12.3. The van der Waals surface area contributed by atoms with E-state index in [4.69, 9.17) is 5.11 Å². The van der Waals surface area contributed by atoms with E-state index in [2.05, 4.69) is 4.90 Å². The third-order valence-corrected chi connectivity index (χ3v) is 4.00. The Morgan fingerprint density at radius 3 is 2.55 bits per heavy atom. The minimum absolute atomic E-state index is 0.117. The Bertz CT molecular complexity index is 418. The van der Waals surface area contributed by atoms with Gasteiger partial charge in [-0.2, -0.15) is 0 Å². The quantitative estimate of drug-likeness (QED) is 0.820. The Morgan fingerprint density at radius 1 is 1.30 bits per heavy atom. The summed E-state index contributed by atoms with van der Waals surface area (Å²) in [7, 11) is 1.84. The van der Waals surface area contributed by atoms with Crippen LogP contribution in [0.1, 0.15) is 24.8 Å². The number of likely N-dealkylation sites (N-methyl/N-ethyl adjacent to an activating group) is 1. The largest absolute Gasteiger partial charge is 0.395 e. The first-order chi connectivity index (χ1) is 9.70. The van der Waals surface area contributed by atoms with Crippen LogP contribution >= 0.6 is 0 Å². The molecule has 0 aromatic heterocycles. The normalized spacial score (nSPS) is 15.2. The van der Waals surface area contributed by atoms with Gasteiger partial charge in [0.25, 0.3) is 0 Å². The second-order valence-electron chi connectivity index (χ2n) is 5.51. The molecule has 0 aliphatic heterocycles. The van der Waals surface area contributed by atoms with Gasteiger partial charge in [0.15, 0.2) is 0 Å². The summed E-state index contributed by atoms with van der Waals surface area (Å²) in [5.74, 6) is 0.120. The predicted octanol–water partition coefficient (Wildman–Crippen LogP) is 1.49. The number of hydrogen-bond donors (Lipinski definition) is 1. The maximum Gasteiger partial charge on any atom is 0.236 e. The van der Waals surface area contributed by atoms with Gasteiger partial charge in [-0.15, -0.1) is 0 Å². The highest BCUT2D eigenvalue weighted by Crippen LogP contribution is 2.24. The number of carbonyl (C=O) groups is 1. The van der Waals surface area contributed by atoms with Crippen molar-refractivity contribution in [2.24, 2.45) is 0 Å². The summed E-state index contributed by atoms with van der Waals surface area (Å²) in [6.07, 6.45) is 3.53. The molecule has 0 atom stereocenters. The van der Waals surface area contributed by atoms with Gasteiger partial charge in [0.2, 0.25) is 5.91 Å². The number of aliphatic hydroxyl groups is 1. The molecule has 1 N–H and O–H groups in total. The molecule has 1 saturated carbocycles. The van der Waals surface area contributed by atoms with E-state index in [1.54, 1.807) is 4.90 Å². The maximum atomic E-state index is 12.3. The average Bonchev–Trinajstić information content (AvgIpc) is 2.38. The minimum atomic E-state index is 0.117. The summed E-state index contributed by atoms with van der Waals surface area (Å²) in [4.78, 5) is 16.2. The van der Waals surface area contributed by atoms with Crippen molar-refractivity contribution in [1.82, 2.24) is 9.80 Å². The topological polar surface area (TPSA) is 43.8 Å². The van der Waals surface area contributed by atoms with Crippen LogP contribution in [-0.4, -0.2) is 53.6 Å². The summed E-state index contributed by atoms with van der Waals surface area (Å²) in [5, 5.41) is 9.13. The summed E-state index contributed by atoms with van der Waals surface area (Å²) in [6.45, 7) is 1.76. The number of aliphatic hydroxyl groups excluding tert-OH is 1. The van der Waals surface area contributed by atoms with Crippen molar-refractivity contribution >= 4 is 5.91 Å². The van der Waals surface area contributed by atoms with Gasteiger partial charge in [-0.05, 0) is 18.4 Å². The molecule has 1 aromatic carbocycles. The van der Waals surface area contributed by atoms with E-state index >= 15 is 0 Å². The molecule has 0 radical (unpaired) electrons. The van der Waals surface area contributed by atoms with Crippen molar-refractivity contribution in [2.45, 2.75) is 31.8 Å². The van der Waals surface area contributed by atoms with Crippen molar-refractivity contribution in [1.29, 1.82) is 0 Å². The van der Waals surface area contributed by atoms with Crippen LogP contribution in [0.15, 0.2) is 30.3 Å². The predicted molar refractivity (Wildman–Crippen MR) is 79.2 cm³/mol. The van der Waals surface area contributed by atoms with E-state index in [9.17, 15) is 4.79 Å². The third kappa shape index (κ3) is 4.05. The lowest BCUT2D eigenvalue weighted by Gasteiger charge is -2.37. The van der Waals surface area contributed by atoms with Crippen molar-refractivity contribution in [3.05, 3.63) is 35.9 Å².